The molecule has 0 spiro atoms. The van der Waals surface area contributed by atoms with Crippen LogP contribution in [0.5, 0.6) is 0 Å². The van der Waals surface area contributed by atoms with Crippen LogP contribution in [-0.2, 0) is 16.4 Å². The molecule has 2 aromatic rings. The standard InChI is InChI=1S/C15H16N2O4S/c1-2-22(19,20)16-12-5-6-13-11(10-12)7-8-17(13)15(18)14-4-3-9-21-14/h3-6,9-10,16H,2,7-8H2,1H3. The summed E-state index contributed by atoms with van der Waals surface area (Å²) in [5.74, 6) is 0.127. The molecule has 6 nitrogen and oxygen atoms in total. The first-order chi connectivity index (χ1) is 10.5. The van der Waals surface area contributed by atoms with E-state index in [1.54, 1.807) is 42.2 Å². The number of amides is 1. The topological polar surface area (TPSA) is 79.6 Å². The average molecular weight is 320 g/mol. The monoisotopic (exact) mass is 320 g/mol. The molecule has 0 atom stereocenters. The lowest BCUT2D eigenvalue weighted by molar-refractivity contribution is 0.0963. The zero-order valence-corrected chi connectivity index (χ0v) is 12.9. The number of hydrogen-bond acceptors (Lipinski definition) is 4. The van der Waals surface area contributed by atoms with Gasteiger partial charge in [-0.1, -0.05) is 0 Å². The molecule has 0 unspecified atom stereocenters. The van der Waals surface area contributed by atoms with Crippen LogP contribution in [0.2, 0.25) is 0 Å². The van der Waals surface area contributed by atoms with Gasteiger partial charge in [-0.15, -0.1) is 0 Å². The van der Waals surface area contributed by atoms with Crippen LogP contribution in [0.4, 0.5) is 11.4 Å². The third kappa shape index (κ3) is 2.71. The minimum absolute atomic E-state index is 0.0210. The summed E-state index contributed by atoms with van der Waals surface area (Å²) in [6.07, 6.45) is 2.15. The molecular weight excluding hydrogens is 304 g/mol. The number of anilines is 2. The number of furan rings is 1. The van der Waals surface area contributed by atoms with E-state index in [0.29, 0.717) is 24.4 Å². The number of hydrogen-bond donors (Lipinski definition) is 1. The summed E-state index contributed by atoms with van der Waals surface area (Å²) in [5, 5.41) is 0. The number of carbonyl (C=O) groups excluding carboxylic acids is 1. The Hall–Kier alpha value is -2.28. The van der Waals surface area contributed by atoms with Gasteiger partial charge in [0.1, 0.15) is 0 Å². The van der Waals surface area contributed by atoms with E-state index in [2.05, 4.69) is 4.72 Å². The van der Waals surface area contributed by atoms with E-state index < -0.39 is 10.0 Å². The molecule has 0 bridgehead atoms. The van der Waals surface area contributed by atoms with Gasteiger partial charge in [0.05, 0.1) is 12.0 Å². The molecule has 0 aliphatic carbocycles. The van der Waals surface area contributed by atoms with Crippen LogP contribution < -0.4 is 9.62 Å². The van der Waals surface area contributed by atoms with Crippen LogP contribution in [0.25, 0.3) is 0 Å². The molecule has 1 aliphatic heterocycles. The lowest BCUT2D eigenvalue weighted by atomic mass is 10.1. The Morgan fingerprint density at radius 1 is 1.36 bits per heavy atom. The van der Waals surface area contributed by atoms with Gasteiger partial charge in [0, 0.05) is 17.9 Å². The molecule has 1 aromatic carbocycles. The maximum atomic E-state index is 12.4. The summed E-state index contributed by atoms with van der Waals surface area (Å²) in [4.78, 5) is 14.0. The van der Waals surface area contributed by atoms with Gasteiger partial charge in [0.25, 0.3) is 5.91 Å². The van der Waals surface area contributed by atoms with Crippen molar-refractivity contribution in [1.29, 1.82) is 0 Å². The van der Waals surface area contributed by atoms with Crippen molar-refractivity contribution < 1.29 is 17.6 Å². The number of sulfonamides is 1. The predicted molar refractivity (Wildman–Crippen MR) is 83.6 cm³/mol. The Bertz CT molecular complexity index is 797. The fourth-order valence-electron chi connectivity index (χ4n) is 2.46. The summed E-state index contributed by atoms with van der Waals surface area (Å²) in [7, 11) is -3.30. The van der Waals surface area contributed by atoms with Gasteiger partial charge >= 0.3 is 0 Å². The van der Waals surface area contributed by atoms with Crippen LogP contribution >= 0.6 is 0 Å². The number of benzene rings is 1. The quantitative estimate of drug-likeness (QED) is 0.937. The molecule has 0 saturated heterocycles. The van der Waals surface area contributed by atoms with Crippen LogP contribution in [0.1, 0.15) is 23.0 Å². The van der Waals surface area contributed by atoms with Crippen molar-refractivity contribution in [3.05, 3.63) is 47.9 Å². The van der Waals surface area contributed by atoms with Gasteiger partial charge in [-0.05, 0) is 49.2 Å². The third-order valence-corrected chi connectivity index (χ3v) is 4.91. The van der Waals surface area contributed by atoms with Crippen molar-refractivity contribution in [1.82, 2.24) is 0 Å². The number of nitrogens with one attached hydrogen (secondary N) is 1. The minimum atomic E-state index is -3.30. The normalized spacial score (nSPS) is 14.0. The van der Waals surface area contributed by atoms with Gasteiger partial charge in [0.2, 0.25) is 10.0 Å². The summed E-state index contributed by atoms with van der Waals surface area (Å²) in [6.45, 7) is 2.14. The molecule has 22 heavy (non-hydrogen) atoms. The zero-order valence-electron chi connectivity index (χ0n) is 12.1. The molecule has 1 aliphatic rings. The molecule has 3 rings (SSSR count). The first-order valence-corrected chi connectivity index (χ1v) is 8.64. The first kappa shape index (κ1) is 14.6. The summed E-state index contributed by atoms with van der Waals surface area (Å²) >= 11 is 0. The molecule has 116 valence electrons. The Labute approximate surface area is 128 Å². The van der Waals surface area contributed by atoms with Crippen LogP contribution in [0, 0.1) is 0 Å². The van der Waals surface area contributed by atoms with Gasteiger partial charge < -0.3 is 9.32 Å². The van der Waals surface area contributed by atoms with Crippen molar-refractivity contribution in [2.75, 3.05) is 21.9 Å². The van der Waals surface area contributed by atoms with Gasteiger partial charge in [-0.3, -0.25) is 9.52 Å². The van der Waals surface area contributed by atoms with E-state index >= 15 is 0 Å². The predicted octanol–water partition coefficient (Wildman–Crippen LogP) is 2.24. The lowest BCUT2D eigenvalue weighted by Gasteiger charge is -2.16. The Morgan fingerprint density at radius 2 is 2.18 bits per heavy atom. The number of rotatable bonds is 4. The number of fused-ring (bicyclic) bond motifs is 1. The Kier molecular flexibility index (Phi) is 3.66. The van der Waals surface area contributed by atoms with E-state index in [1.165, 1.54) is 6.26 Å². The van der Waals surface area contributed by atoms with Crippen LogP contribution in [0.15, 0.2) is 41.0 Å². The van der Waals surface area contributed by atoms with E-state index in [-0.39, 0.29) is 11.7 Å². The smallest absolute Gasteiger partial charge is 0.293 e. The van der Waals surface area contributed by atoms with Crippen LogP contribution in [-0.4, -0.2) is 26.6 Å². The fraction of sp³-hybridized carbons (Fsp3) is 0.267. The molecule has 7 heteroatoms. The number of carbonyl (C=O) groups is 1. The largest absolute Gasteiger partial charge is 0.459 e. The summed E-state index contributed by atoms with van der Waals surface area (Å²) in [5.41, 5.74) is 2.25. The fourth-order valence-corrected chi connectivity index (χ4v) is 3.09. The molecule has 0 radical (unpaired) electrons. The first-order valence-electron chi connectivity index (χ1n) is 6.99. The van der Waals surface area contributed by atoms with Gasteiger partial charge in [0.15, 0.2) is 5.76 Å². The molecule has 0 saturated carbocycles. The maximum Gasteiger partial charge on any atom is 0.293 e. The van der Waals surface area contributed by atoms with E-state index in [9.17, 15) is 13.2 Å². The second-order valence-corrected chi connectivity index (χ2v) is 7.04. The zero-order chi connectivity index (χ0) is 15.7. The molecule has 1 amide bonds. The highest BCUT2D eigenvalue weighted by atomic mass is 32.2. The molecule has 2 heterocycles. The van der Waals surface area contributed by atoms with E-state index in [4.69, 9.17) is 4.42 Å². The summed E-state index contributed by atoms with van der Waals surface area (Å²) in [6, 6.07) is 8.51. The minimum Gasteiger partial charge on any atom is -0.459 e. The molecule has 1 N–H and O–H groups in total. The van der Waals surface area contributed by atoms with Gasteiger partial charge in [-0.2, -0.15) is 0 Å². The maximum absolute atomic E-state index is 12.4. The highest BCUT2D eigenvalue weighted by molar-refractivity contribution is 7.92. The second kappa shape index (κ2) is 5.49. The third-order valence-electron chi connectivity index (χ3n) is 3.61. The van der Waals surface area contributed by atoms with Gasteiger partial charge in [-0.25, -0.2) is 8.42 Å². The molecular formula is C15H16N2O4S. The molecule has 1 aromatic heterocycles. The molecule has 0 fully saturated rings. The SMILES string of the molecule is CCS(=O)(=O)Nc1ccc2c(c1)CCN2C(=O)c1ccco1. The Balaban J connectivity index is 1.86. The Morgan fingerprint density at radius 3 is 2.86 bits per heavy atom. The average Bonchev–Trinajstić information content (AvgIpc) is 3.15. The second-order valence-electron chi connectivity index (χ2n) is 5.03. The van der Waals surface area contributed by atoms with Crippen molar-refractivity contribution >= 4 is 27.3 Å². The number of nitrogens with zero attached hydrogens (tertiary/aromatic N) is 1. The van der Waals surface area contributed by atoms with Crippen LogP contribution in [0.3, 0.4) is 0 Å². The van der Waals surface area contributed by atoms with Crippen molar-refractivity contribution in [2.24, 2.45) is 0 Å². The highest BCUT2D eigenvalue weighted by Crippen LogP contribution is 2.32. The van der Waals surface area contributed by atoms with E-state index in [1.807, 2.05) is 0 Å². The summed E-state index contributed by atoms with van der Waals surface area (Å²) < 4.78 is 30.9. The highest BCUT2D eigenvalue weighted by Gasteiger charge is 2.27. The van der Waals surface area contributed by atoms with Crippen molar-refractivity contribution in [3.63, 3.8) is 0 Å². The van der Waals surface area contributed by atoms with Crippen molar-refractivity contribution in [3.8, 4) is 0 Å². The lowest BCUT2D eigenvalue weighted by Crippen LogP contribution is -2.28. The van der Waals surface area contributed by atoms with E-state index in [0.717, 1.165) is 11.3 Å². The van der Waals surface area contributed by atoms with Crippen molar-refractivity contribution in [2.45, 2.75) is 13.3 Å².